The van der Waals surface area contributed by atoms with Gasteiger partial charge >= 0.3 is 18.2 Å². The fourth-order valence-corrected chi connectivity index (χ4v) is 1.04. The van der Waals surface area contributed by atoms with Crippen LogP contribution in [0.5, 0.6) is 0 Å². The summed E-state index contributed by atoms with van der Waals surface area (Å²) in [5, 5.41) is 4.50. The van der Waals surface area contributed by atoms with Crippen molar-refractivity contribution in [2.24, 2.45) is 0 Å². The predicted octanol–water partition coefficient (Wildman–Crippen LogP) is 2.04. The molecule has 2 N–H and O–H groups in total. The molecule has 0 saturated heterocycles. The van der Waals surface area contributed by atoms with Crippen LogP contribution in [-0.2, 0) is 19.0 Å². The zero-order valence-corrected chi connectivity index (χ0v) is 15.0. The van der Waals surface area contributed by atoms with Crippen molar-refractivity contribution in [1.29, 1.82) is 0 Å². The maximum atomic E-state index is 10.4. The van der Waals surface area contributed by atoms with Crippen LogP contribution in [0.1, 0.15) is 5.56 Å². The van der Waals surface area contributed by atoms with Crippen LogP contribution in [0.3, 0.4) is 0 Å². The van der Waals surface area contributed by atoms with Crippen LogP contribution in [0.2, 0.25) is 0 Å². The van der Waals surface area contributed by atoms with E-state index < -0.39 is 18.2 Å². The van der Waals surface area contributed by atoms with Crippen molar-refractivity contribution in [3.63, 3.8) is 0 Å². The van der Waals surface area contributed by atoms with Crippen LogP contribution in [0, 0.1) is 6.92 Å². The van der Waals surface area contributed by atoms with E-state index in [1.807, 2.05) is 18.2 Å². The molecule has 8 heteroatoms. The zero-order chi connectivity index (χ0) is 19.5. The summed E-state index contributed by atoms with van der Waals surface area (Å²) >= 11 is 0. The van der Waals surface area contributed by atoms with Gasteiger partial charge in [0.15, 0.2) is 0 Å². The predicted molar refractivity (Wildman–Crippen MR) is 94.2 cm³/mol. The lowest BCUT2D eigenvalue weighted by molar-refractivity contribution is -0.138. The minimum atomic E-state index is -0.551. The molecule has 0 bridgehead atoms. The van der Waals surface area contributed by atoms with Gasteiger partial charge in [-0.1, -0.05) is 42.5 Å². The van der Waals surface area contributed by atoms with Gasteiger partial charge in [0, 0.05) is 20.2 Å². The maximum absolute atomic E-state index is 10.4. The fraction of sp³-hybridized carbons (Fsp3) is 0.353. The van der Waals surface area contributed by atoms with Crippen LogP contribution < -0.4 is 10.6 Å². The average molecular weight is 354 g/mol. The molecular weight excluding hydrogens is 328 g/mol. The van der Waals surface area contributed by atoms with Crippen molar-refractivity contribution in [3.8, 4) is 0 Å². The largest absolute Gasteiger partial charge is 0.459 e. The molecule has 0 aliphatic heterocycles. The monoisotopic (exact) mass is 354 g/mol. The number of benzene rings is 1. The van der Waals surface area contributed by atoms with Gasteiger partial charge in [-0.15, -0.1) is 0 Å². The summed E-state index contributed by atoms with van der Waals surface area (Å²) in [5.74, 6) is -0.532. The second-order valence-corrected chi connectivity index (χ2v) is 4.15. The maximum Gasteiger partial charge on any atom is 0.406 e. The SMILES string of the molecule is C=CC(=O)OCCOC(=O)NC.CNC(=O)OC.Cc1ccccc1. The van der Waals surface area contributed by atoms with Gasteiger partial charge in [0.2, 0.25) is 0 Å². The molecule has 0 unspecified atom stereocenters. The van der Waals surface area contributed by atoms with E-state index >= 15 is 0 Å². The summed E-state index contributed by atoms with van der Waals surface area (Å²) in [6.45, 7) is 5.36. The molecule has 1 rings (SSSR count). The smallest absolute Gasteiger partial charge is 0.406 e. The summed E-state index contributed by atoms with van der Waals surface area (Å²) in [5.41, 5.74) is 1.32. The van der Waals surface area contributed by atoms with E-state index in [0.717, 1.165) is 6.08 Å². The molecule has 1 aromatic rings. The minimum Gasteiger partial charge on any atom is -0.459 e. The number of amides is 2. The molecule has 25 heavy (non-hydrogen) atoms. The normalized spacial score (nSPS) is 8.16. The van der Waals surface area contributed by atoms with E-state index in [9.17, 15) is 14.4 Å². The highest BCUT2D eigenvalue weighted by molar-refractivity contribution is 5.81. The quantitative estimate of drug-likeness (QED) is 0.371. The van der Waals surface area contributed by atoms with E-state index in [1.54, 1.807) is 0 Å². The Morgan fingerprint density at radius 3 is 1.84 bits per heavy atom. The molecule has 0 aliphatic carbocycles. The number of carbonyl (C=O) groups excluding carboxylic acids is 3. The first kappa shape index (κ1) is 24.2. The fourth-order valence-electron chi connectivity index (χ4n) is 1.04. The third-order valence-corrected chi connectivity index (χ3v) is 2.26. The van der Waals surface area contributed by atoms with Gasteiger partial charge < -0.3 is 24.8 Å². The molecule has 140 valence electrons. The van der Waals surface area contributed by atoms with Crippen molar-refractivity contribution in [2.75, 3.05) is 34.4 Å². The summed E-state index contributed by atoms with van der Waals surface area (Å²) < 4.78 is 13.2. The summed E-state index contributed by atoms with van der Waals surface area (Å²) in [4.78, 5) is 30.7. The van der Waals surface area contributed by atoms with Crippen LogP contribution in [0.4, 0.5) is 9.59 Å². The van der Waals surface area contributed by atoms with Gasteiger partial charge in [-0.25, -0.2) is 14.4 Å². The number of ether oxygens (including phenoxy) is 3. The number of hydrogen-bond donors (Lipinski definition) is 2. The van der Waals surface area contributed by atoms with Crippen molar-refractivity contribution in [2.45, 2.75) is 6.92 Å². The third-order valence-electron chi connectivity index (χ3n) is 2.26. The van der Waals surface area contributed by atoms with E-state index in [2.05, 4.69) is 50.5 Å². The van der Waals surface area contributed by atoms with Gasteiger partial charge in [0.1, 0.15) is 13.2 Å². The number of hydrogen-bond acceptors (Lipinski definition) is 6. The van der Waals surface area contributed by atoms with E-state index in [1.165, 1.54) is 26.8 Å². The van der Waals surface area contributed by atoms with Crippen LogP contribution in [0.25, 0.3) is 0 Å². The second kappa shape index (κ2) is 17.3. The second-order valence-electron chi connectivity index (χ2n) is 4.15. The number of carbonyl (C=O) groups is 3. The van der Waals surface area contributed by atoms with E-state index in [4.69, 9.17) is 0 Å². The Bertz CT molecular complexity index is 499. The molecule has 1 aromatic carbocycles. The summed E-state index contributed by atoms with van der Waals surface area (Å²) in [7, 11) is 4.27. The van der Waals surface area contributed by atoms with Crippen molar-refractivity contribution < 1.29 is 28.6 Å². The topological polar surface area (TPSA) is 103 Å². The van der Waals surface area contributed by atoms with Crippen molar-refractivity contribution >= 4 is 18.2 Å². The Balaban J connectivity index is 0. The zero-order valence-electron chi connectivity index (χ0n) is 15.0. The molecule has 8 nitrogen and oxygen atoms in total. The van der Waals surface area contributed by atoms with Crippen LogP contribution >= 0.6 is 0 Å². The lowest BCUT2D eigenvalue weighted by Crippen LogP contribution is -2.21. The summed E-state index contributed by atoms with van der Waals surface area (Å²) in [6.07, 6.45) is 0.0829. The van der Waals surface area contributed by atoms with Crippen molar-refractivity contribution in [3.05, 3.63) is 48.6 Å². The lowest BCUT2D eigenvalue weighted by atomic mass is 10.2. The highest BCUT2D eigenvalue weighted by Crippen LogP contribution is 1.92. The Morgan fingerprint density at radius 2 is 1.52 bits per heavy atom. The average Bonchev–Trinajstić information content (AvgIpc) is 2.65. The molecule has 0 aromatic heterocycles. The number of aryl methyl sites for hydroxylation is 1. The Hall–Kier alpha value is -3.03. The minimum absolute atomic E-state index is 0.0400. The van der Waals surface area contributed by atoms with E-state index in [-0.39, 0.29) is 13.2 Å². The van der Waals surface area contributed by atoms with Crippen LogP contribution in [-0.4, -0.2) is 52.6 Å². The Kier molecular flexibility index (Phi) is 16.8. The van der Waals surface area contributed by atoms with Gasteiger partial charge in [0.05, 0.1) is 7.11 Å². The first-order valence-corrected chi connectivity index (χ1v) is 7.32. The first-order chi connectivity index (χ1) is 11.9. The number of nitrogens with one attached hydrogen (secondary N) is 2. The first-order valence-electron chi connectivity index (χ1n) is 7.32. The van der Waals surface area contributed by atoms with Gasteiger partial charge in [0.25, 0.3) is 0 Å². The molecule has 0 spiro atoms. The highest BCUT2D eigenvalue weighted by Gasteiger charge is 1.98. The van der Waals surface area contributed by atoms with Gasteiger partial charge in [-0.3, -0.25) is 0 Å². The molecule has 0 atom stereocenters. The molecule has 0 aliphatic rings. The number of alkyl carbamates (subject to hydrolysis) is 2. The van der Waals surface area contributed by atoms with Gasteiger partial charge in [-0.2, -0.15) is 0 Å². The van der Waals surface area contributed by atoms with E-state index in [0.29, 0.717) is 0 Å². The highest BCUT2D eigenvalue weighted by atomic mass is 16.6. The number of methoxy groups -OCH3 is 1. The number of esters is 1. The third kappa shape index (κ3) is 18.9. The molecule has 0 fully saturated rings. The van der Waals surface area contributed by atoms with Crippen LogP contribution in [0.15, 0.2) is 43.0 Å². The molecule has 0 radical (unpaired) electrons. The standard InChI is InChI=1S/C7H11NO4.C7H8.C3H7NO2/c1-3-6(9)11-4-5-12-7(10)8-2;1-7-5-3-2-4-6-7;1-4-3(5)6-2/h3H,1,4-5H2,2H3,(H,8,10);2-6H,1H3;1-2H3,(H,4,5). The molecule has 2 amide bonds. The Labute approximate surface area is 148 Å². The molecular formula is C17H26N2O6. The summed E-state index contributed by atoms with van der Waals surface area (Å²) in [6, 6.07) is 10.3. The van der Waals surface area contributed by atoms with Crippen molar-refractivity contribution in [1.82, 2.24) is 10.6 Å². The molecule has 0 saturated carbocycles. The Morgan fingerprint density at radius 1 is 1.00 bits per heavy atom. The molecule has 0 heterocycles. The number of rotatable bonds is 4. The lowest BCUT2D eigenvalue weighted by Gasteiger charge is -2.03. The van der Waals surface area contributed by atoms with Gasteiger partial charge in [-0.05, 0) is 6.92 Å².